The Morgan fingerprint density at radius 2 is 0.765 bits per heavy atom. The highest BCUT2D eigenvalue weighted by molar-refractivity contribution is 5.42. The summed E-state index contributed by atoms with van der Waals surface area (Å²) in [5.74, 6) is 0. The summed E-state index contributed by atoms with van der Waals surface area (Å²) in [6.45, 7) is 3.56. The molecule has 6 aromatic carbocycles. The molecule has 1 saturated heterocycles. The molecule has 6 heteroatoms. The number of piperidine rings is 1. The van der Waals surface area contributed by atoms with Gasteiger partial charge in [0.25, 0.3) is 0 Å². The molecule has 1 aliphatic heterocycles. The van der Waals surface area contributed by atoms with Gasteiger partial charge < -0.3 is 22.9 Å². The monoisotopic (exact) mass is 674 g/mol. The number of nitrogens with two attached hydrogens (primary N) is 4. The highest BCUT2D eigenvalue weighted by Gasteiger charge is 2.32. The van der Waals surface area contributed by atoms with Crippen LogP contribution in [0.5, 0.6) is 0 Å². The molecule has 260 valence electrons. The first-order valence-electron chi connectivity index (χ1n) is 17.9. The average molecular weight is 675 g/mol. The normalized spacial score (nSPS) is 15.9. The van der Waals surface area contributed by atoms with E-state index in [1.165, 1.54) is 52.6 Å². The van der Waals surface area contributed by atoms with E-state index in [1.807, 2.05) is 54.6 Å². The van der Waals surface area contributed by atoms with Gasteiger partial charge in [0.2, 0.25) is 0 Å². The van der Waals surface area contributed by atoms with Gasteiger partial charge in [0.05, 0.1) is 0 Å². The predicted molar refractivity (Wildman–Crippen MR) is 214 cm³/mol. The van der Waals surface area contributed by atoms with E-state index in [-0.39, 0.29) is 0 Å². The molecule has 2 atom stereocenters. The maximum Gasteiger partial charge on any atom is 0.0357 e. The highest BCUT2D eigenvalue weighted by atomic mass is 15.2. The second-order valence-corrected chi connectivity index (χ2v) is 13.6. The first-order chi connectivity index (χ1) is 24.9. The predicted octanol–water partition coefficient (Wildman–Crippen LogP) is 9.37. The molecule has 51 heavy (non-hydrogen) atoms. The van der Waals surface area contributed by atoms with Crippen LogP contribution in [0.2, 0.25) is 0 Å². The van der Waals surface area contributed by atoms with E-state index in [9.17, 15) is 0 Å². The fourth-order valence-corrected chi connectivity index (χ4v) is 6.99. The number of nitrogen functional groups attached to an aromatic ring is 4. The van der Waals surface area contributed by atoms with Crippen molar-refractivity contribution in [3.8, 4) is 0 Å². The molecule has 2 unspecified atom stereocenters. The van der Waals surface area contributed by atoms with Gasteiger partial charge in [0.15, 0.2) is 0 Å². The molecular formula is C45H50N6. The SMILES string of the molecule is Nc1ccc(CN(Cc2ccccc2)Cc2ccc(N)cc2)cc1.Nc1ccc(CN2C(c3ccccc3)CCCC2c2ccc(N)cc2)cc1. The van der Waals surface area contributed by atoms with Crippen LogP contribution in [0.1, 0.15) is 64.7 Å². The Balaban J connectivity index is 0.000000177. The first kappa shape index (κ1) is 35.3. The minimum atomic E-state index is 0.391. The van der Waals surface area contributed by atoms with Gasteiger partial charge in [-0.2, -0.15) is 0 Å². The van der Waals surface area contributed by atoms with Gasteiger partial charge >= 0.3 is 0 Å². The molecule has 6 aromatic rings. The molecule has 0 aliphatic carbocycles. The summed E-state index contributed by atoms with van der Waals surface area (Å²) in [6.07, 6.45) is 3.58. The number of hydrogen-bond acceptors (Lipinski definition) is 6. The Labute approximate surface area is 303 Å². The Hall–Kier alpha value is -5.56. The lowest BCUT2D eigenvalue weighted by molar-refractivity contribution is 0.0735. The van der Waals surface area contributed by atoms with Crippen molar-refractivity contribution in [1.82, 2.24) is 9.80 Å². The second-order valence-electron chi connectivity index (χ2n) is 13.6. The zero-order valence-corrected chi connectivity index (χ0v) is 29.3. The van der Waals surface area contributed by atoms with E-state index in [0.717, 1.165) is 48.9 Å². The minimum Gasteiger partial charge on any atom is -0.399 e. The summed E-state index contributed by atoms with van der Waals surface area (Å²) in [7, 11) is 0. The fourth-order valence-electron chi connectivity index (χ4n) is 6.99. The molecule has 1 aliphatic rings. The maximum atomic E-state index is 5.92. The molecule has 0 radical (unpaired) electrons. The van der Waals surface area contributed by atoms with Crippen molar-refractivity contribution in [2.45, 2.75) is 57.5 Å². The summed E-state index contributed by atoms with van der Waals surface area (Å²) in [6, 6.07) is 55.1. The Morgan fingerprint density at radius 3 is 1.22 bits per heavy atom. The number of rotatable bonds is 10. The van der Waals surface area contributed by atoms with Crippen molar-refractivity contribution in [3.63, 3.8) is 0 Å². The summed E-state index contributed by atoms with van der Waals surface area (Å²) in [5.41, 5.74) is 34.5. The van der Waals surface area contributed by atoms with Crippen LogP contribution < -0.4 is 22.9 Å². The lowest BCUT2D eigenvalue weighted by atomic mass is 9.87. The van der Waals surface area contributed by atoms with Gasteiger partial charge in [0, 0.05) is 61.0 Å². The third kappa shape index (κ3) is 10.2. The average Bonchev–Trinajstić information content (AvgIpc) is 3.16. The van der Waals surface area contributed by atoms with Crippen molar-refractivity contribution < 1.29 is 0 Å². The van der Waals surface area contributed by atoms with Gasteiger partial charge in [-0.25, -0.2) is 0 Å². The number of benzene rings is 6. The quantitative estimate of drug-likeness (QED) is 0.108. The molecule has 1 heterocycles. The zero-order chi connectivity index (χ0) is 35.4. The van der Waals surface area contributed by atoms with Crippen LogP contribution in [0.15, 0.2) is 158 Å². The van der Waals surface area contributed by atoms with E-state index in [2.05, 4.69) is 113 Å². The molecule has 0 saturated carbocycles. The minimum absolute atomic E-state index is 0.391. The number of anilines is 4. The van der Waals surface area contributed by atoms with E-state index in [4.69, 9.17) is 22.9 Å². The van der Waals surface area contributed by atoms with Crippen LogP contribution in [-0.4, -0.2) is 9.80 Å². The van der Waals surface area contributed by atoms with Crippen molar-refractivity contribution >= 4 is 22.7 Å². The Bertz CT molecular complexity index is 1840. The van der Waals surface area contributed by atoms with Gasteiger partial charge in [-0.05, 0) is 101 Å². The number of nitrogens with zero attached hydrogens (tertiary/aromatic N) is 2. The van der Waals surface area contributed by atoms with Crippen molar-refractivity contribution in [2.75, 3.05) is 22.9 Å². The smallest absolute Gasteiger partial charge is 0.0357 e. The molecule has 6 nitrogen and oxygen atoms in total. The highest BCUT2D eigenvalue weighted by Crippen LogP contribution is 2.42. The molecule has 0 amide bonds. The van der Waals surface area contributed by atoms with E-state index in [1.54, 1.807) is 0 Å². The molecular weight excluding hydrogens is 625 g/mol. The van der Waals surface area contributed by atoms with Gasteiger partial charge in [-0.15, -0.1) is 0 Å². The third-order valence-electron chi connectivity index (χ3n) is 9.63. The molecule has 8 N–H and O–H groups in total. The van der Waals surface area contributed by atoms with Crippen molar-refractivity contribution in [3.05, 3.63) is 191 Å². The second kappa shape index (κ2) is 17.4. The van der Waals surface area contributed by atoms with Crippen molar-refractivity contribution in [2.24, 2.45) is 0 Å². The van der Waals surface area contributed by atoms with E-state index in [0.29, 0.717) is 12.1 Å². The molecule has 0 aromatic heterocycles. The zero-order valence-electron chi connectivity index (χ0n) is 29.3. The Kier molecular flexibility index (Phi) is 12.0. The van der Waals surface area contributed by atoms with Crippen LogP contribution in [0, 0.1) is 0 Å². The van der Waals surface area contributed by atoms with E-state index >= 15 is 0 Å². The van der Waals surface area contributed by atoms with Gasteiger partial charge in [-0.1, -0.05) is 109 Å². The lowest BCUT2D eigenvalue weighted by Crippen LogP contribution is -2.36. The summed E-state index contributed by atoms with van der Waals surface area (Å²) < 4.78 is 0. The topological polar surface area (TPSA) is 111 Å². The van der Waals surface area contributed by atoms with Crippen LogP contribution in [-0.2, 0) is 26.2 Å². The first-order valence-corrected chi connectivity index (χ1v) is 17.9. The number of likely N-dealkylation sites (tertiary alicyclic amines) is 1. The lowest BCUT2D eigenvalue weighted by Gasteiger charge is -2.43. The summed E-state index contributed by atoms with van der Waals surface area (Å²) in [4.78, 5) is 5.07. The molecule has 7 rings (SSSR count). The maximum absolute atomic E-state index is 5.92. The van der Waals surface area contributed by atoms with Gasteiger partial charge in [-0.3, -0.25) is 9.80 Å². The largest absolute Gasteiger partial charge is 0.399 e. The van der Waals surface area contributed by atoms with Crippen molar-refractivity contribution in [1.29, 1.82) is 0 Å². The molecule has 1 fully saturated rings. The molecule has 0 spiro atoms. The van der Waals surface area contributed by atoms with Crippen LogP contribution in [0.25, 0.3) is 0 Å². The Morgan fingerprint density at radius 1 is 0.412 bits per heavy atom. The van der Waals surface area contributed by atoms with Crippen LogP contribution >= 0.6 is 0 Å². The molecule has 0 bridgehead atoms. The standard InChI is InChI=1S/C24H27N3.C21H23N3/c25-21-13-9-18(10-14-21)17-27-23(19-5-2-1-3-6-19)7-4-8-24(27)20-11-15-22(26)16-12-20;22-20-10-6-18(7-11-20)15-24(14-17-4-2-1-3-5-17)16-19-8-12-21(23)13-9-19/h1-3,5-6,9-16,23-24H,4,7-8,17,25-26H2;1-13H,14-16,22-23H2. The number of hydrogen-bond donors (Lipinski definition) is 4. The fraction of sp³-hybridized carbons (Fsp3) is 0.200. The van der Waals surface area contributed by atoms with Crippen LogP contribution in [0.4, 0.5) is 22.7 Å². The summed E-state index contributed by atoms with van der Waals surface area (Å²) >= 11 is 0. The van der Waals surface area contributed by atoms with Gasteiger partial charge in [0.1, 0.15) is 0 Å². The van der Waals surface area contributed by atoms with Crippen LogP contribution in [0.3, 0.4) is 0 Å². The summed E-state index contributed by atoms with van der Waals surface area (Å²) in [5, 5.41) is 0. The van der Waals surface area contributed by atoms with E-state index < -0.39 is 0 Å². The third-order valence-corrected chi connectivity index (χ3v) is 9.63.